The van der Waals surface area contributed by atoms with Crippen LogP contribution in [0.3, 0.4) is 0 Å². The van der Waals surface area contributed by atoms with Gasteiger partial charge in [0.25, 0.3) is 0 Å². The zero-order valence-corrected chi connectivity index (χ0v) is 9.83. The maximum Gasteiger partial charge on any atom is 0.341 e. The molecule has 12 heavy (non-hydrogen) atoms. The maximum atomic E-state index is 5.74. The molecule has 0 bridgehead atoms. The van der Waals surface area contributed by atoms with Crippen LogP contribution in [-0.2, 0) is 6.42 Å². The van der Waals surface area contributed by atoms with Crippen LogP contribution in [0.5, 0.6) is 0 Å². The molecule has 0 spiro atoms. The molecule has 0 aliphatic carbocycles. The van der Waals surface area contributed by atoms with Gasteiger partial charge in [0.05, 0.1) is 0 Å². The van der Waals surface area contributed by atoms with Crippen LogP contribution in [0, 0.1) is 0 Å². The van der Waals surface area contributed by atoms with E-state index in [-0.39, 0.29) is 0 Å². The molecule has 1 aromatic rings. The number of hydrogen-bond acceptors (Lipinski definition) is 0. The van der Waals surface area contributed by atoms with Gasteiger partial charge in [-0.15, -0.1) is 33.2 Å². The lowest BCUT2D eigenvalue weighted by Crippen LogP contribution is -2.08. The van der Waals surface area contributed by atoms with Gasteiger partial charge < -0.3 is 0 Å². The molecule has 0 radical (unpaired) electrons. The van der Waals surface area contributed by atoms with Gasteiger partial charge in [-0.25, -0.2) is 6.07 Å². The molecule has 4 heteroatoms. The van der Waals surface area contributed by atoms with Crippen LogP contribution in [-0.4, -0.2) is 6.00 Å². The van der Waals surface area contributed by atoms with Crippen molar-refractivity contribution in [3.05, 3.63) is 29.8 Å². The van der Waals surface area contributed by atoms with Gasteiger partial charge in [0.1, 0.15) is 0 Å². The van der Waals surface area contributed by atoms with Gasteiger partial charge in [0.15, 0.2) is 0 Å². The van der Waals surface area contributed by atoms with Gasteiger partial charge in [-0.05, 0) is 6.04 Å². The minimum atomic E-state index is -2.37. The van der Waals surface area contributed by atoms with Crippen LogP contribution in [0.15, 0.2) is 24.3 Å². The molecule has 1 aromatic carbocycles. The normalized spacial score (nSPS) is 11.9. The van der Waals surface area contributed by atoms with Crippen molar-refractivity contribution < 1.29 is 0 Å². The first-order chi connectivity index (χ1) is 5.58. The molecule has 1 rings (SSSR count). The van der Waals surface area contributed by atoms with Crippen molar-refractivity contribution in [2.24, 2.45) is 0 Å². The third-order valence-corrected chi connectivity index (χ3v) is 4.28. The number of hydrogen-bond donors (Lipinski definition) is 0. The third-order valence-electron chi connectivity index (χ3n) is 1.66. The molecule has 0 nitrogen and oxygen atoms in total. The van der Waals surface area contributed by atoms with Gasteiger partial charge in [-0.1, -0.05) is 12.8 Å². The summed E-state index contributed by atoms with van der Waals surface area (Å²) >= 11 is 17.2. The summed E-state index contributed by atoms with van der Waals surface area (Å²) in [6.07, 6.45) is 2.00. The first-order valence-electron chi connectivity index (χ1n) is 3.85. The Morgan fingerprint density at radius 2 is 2.08 bits per heavy atom. The Morgan fingerprint density at radius 3 is 2.58 bits per heavy atom. The molecule has 0 aliphatic heterocycles. The largest absolute Gasteiger partial charge is 0.341 e. The van der Waals surface area contributed by atoms with Crippen molar-refractivity contribution in [2.75, 3.05) is 0 Å². The number of halogens is 3. The highest BCUT2D eigenvalue weighted by Gasteiger charge is 2.23. The summed E-state index contributed by atoms with van der Waals surface area (Å²) in [5, 5.41) is 0. The monoisotopic (exact) mass is 239 g/mol. The fourth-order valence-electron chi connectivity index (χ4n) is 1.07. The minimum Gasteiger partial charge on any atom is -0.211 e. The molecular weight excluding hydrogens is 231 g/mol. The highest BCUT2D eigenvalue weighted by molar-refractivity contribution is 7.64. The minimum absolute atomic E-state index is 0.753. The van der Waals surface area contributed by atoms with E-state index in [9.17, 15) is 0 Å². The van der Waals surface area contributed by atoms with E-state index in [0.717, 1.165) is 18.9 Å². The second-order valence-corrected chi connectivity index (χ2v) is 12.0. The van der Waals surface area contributed by atoms with E-state index in [1.165, 1.54) is 5.56 Å². The Hall–Kier alpha value is 0.437. The van der Waals surface area contributed by atoms with Gasteiger partial charge in [0, 0.05) is 0 Å². The van der Waals surface area contributed by atoms with Crippen molar-refractivity contribution in [3.63, 3.8) is 0 Å². The Balaban J connectivity index is 2.20. The van der Waals surface area contributed by atoms with Crippen LogP contribution in [0.4, 0.5) is 0 Å². The molecule has 0 aromatic heterocycles. The predicted molar refractivity (Wildman–Crippen MR) is 58.5 cm³/mol. The molecule has 0 amide bonds. The van der Waals surface area contributed by atoms with Crippen LogP contribution in [0.25, 0.3) is 0 Å². The van der Waals surface area contributed by atoms with Gasteiger partial charge in [-0.3, -0.25) is 0 Å². The fourth-order valence-corrected chi connectivity index (χ4v) is 2.85. The first kappa shape index (κ1) is 10.5. The molecule has 0 aliphatic rings. The summed E-state index contributed by atoms with van der Waals surface area (Å²) in [5.74, 6) is 0. The van der Waals surface area contributed by atoms with Crippen molar-refractivity contribution in [1.29, 1.82) is 0 Å². The smallest absolute Gasteiger partial charge is 0.211 e. The third kappa shape index (κ3) is 4.46. The van der Waals surface area contributed by atoms with E-state index in [2.05, 4.69) is 12.1 Å². The Kier molecular flexibility index (Phi) is 4.04. The van der Waals surface area contributed by atoms with Crippen molar-refractivity contribution in [2.45, 2.75) is 18.9 Å². The van der Waals surface area contributed by atoms with Gasteiger partial charge in [0.2, 0.25) is 0 Å². The van der Waals surface area contributed by atoms with E-state index in [4.69, 9.17) is 33.2 Å². The SMILES string of the molecule is Cl[Si](Cl)(Cl)CCCc1cc[cH-]c1. The predicted octanol–water partition coefficient (Wildman–Crippen LogP) is 3.99. The second kappa shape index (κ2) is 4.61. The van der Waals surface area contributed by atoms with E-state index in [0.29, 0.717) is 0 Å². The Labute approximate surface area is 87.9 Å². The highest BCUT2D eigenvalue weighted by atomic mass is 35.8. The van der Waals surface area contributed by atoms with E-state index in [1.54, 1.807) is 0 Å². The molecule has 0 N–H and O–H groups in total. The highest BCUT2D eigenvalue weighted by Crippen LogP contribution is 2.27. The van der Waals surface area contributed by atoms with E-state index in [1.807, 2.05) is 12.1 Å². The van der Waals surface area contributed by atoms with Crippen molar-refractivity contribution in [1.82, 2.24) is 0 Å². The van der Waals surface area contributed by atoms with Crippen LogP contribution < -0.4 is 0 Å². The van der Waals surface area contributed by atoms with E-state index < -0.39 is 6.00 Å². The maximum absolute atomic E-state index is 5.74. The van der Waals surface area contributed by atoms with Gasteiger partial charge in [-0.2, -0.15) is 23.8 Å². The topological polar surface area (TPSA) is 0 Å². The molecular formula is C8H10Cl3Si-. The lowest BCUT2D eigenvalue weighted by molar-refractivity contribution is 0.918. The lowest BCUT2D eigenvalue weighted by Gasteiger charge is -2.08. The summed E-state index contributed by atoms with van der Waals surface area (Å²) in [6, 6.07) is 6.63. The Bertz CT molecular complexity index is 213. The summed E-state index contributed by atoms with van der Waals surface area (Å²) in [4.78, 5) is 0. The van der Waals surface area contributed by atoms with Crippen molar-refractivity contribution in [3.8, 4) is 0 Å². The zero-order chi connectivity index (χ0) is 9.03. The molecule has 0 saturated heterocycles. The Morgan fingerprint density at radius 1 is 1.33 bits per heavy atom. The average Bonchev–Trinajstić information content (AvgIpc) is 2.36. The quantitative estimate of drug-likeness (QED) is 0.424. The lowest BCUT2D eigenvalue weighted by atomic mass is 10.2. The van der Waals surface area contributed by atoms with Crippen molar-refractivity contribution >= 4 is 39.2 Å². The summed E-state index contributed by atoms with van der Waals surface area (Å²) in [5.41, 5.74) is 1.33. The van der Waals surface area contributed by atoms with E-state index >= 15 is 0 Å². The molecule has 0 heterocycles. The molecule has 0 unspecified atom stereocenters. The molecule has 68 valence electrons. The van der Waals surface area contributed by atoms with Crippen LogP contribution >= 0.6 is 33.2 Å². The summed E-state index contributed by atoms with van der Waals surface area (Å²) in [7, 11) is 0. The second-order valence-electron chi connectivity index (χ2n) is 2.76. The van der Waals surface area contributed by atoms with Crippen LogP contribution in [0.1, 0.15) is 12.0 Å². The van der Waals surface area contributed by atoms with Crippen LogP contribution in [0.2, 0.25) is 6.04 Å². The molecule has 0 saturated carbocycles. The standard InChI is InChI=1S/C8H10Cl3Si/c9-12(10,11)7-3-6-8-4-1-2-5-8/h1-2,4-5H,3,6-7H2/q-1. The number of rotatable bonds is 4. The molecule has 0 fully saturated rings. The average molecular weight is 241 g/mol. The zero-order valence-electron chi connectivity index (χ0n) is 6.56. The first-order valence-corrected chi connectivity index (χ1v) is 9.09. The summed E-state index contributed by atoms with van der Waals surface area (Å²) in [6.45, 7) is 0. The number of aryl methyl sites for hydroxylation is 1. The fraction of sp³-hybridized carbons (Fsp3) is 0.375. The molecule has 0 atom stereocenters. The summed E-state index contributed by atoms with van der Waals surface area (Å²) < 4.78 is 0. The van der Waals surface area contributed by atoms with Gasteiger partial charge >= 0.3 is 6.00 Å².